The van der Waals surface area contributed by atoms with Gasteiger partial charge in [-0.2, -0.15) is 13.2 Å². The van der Waals surface area contributed by atoms with Crippen LogP contribution in [0.25, 0.3) is 16.6 Å². The van der Waals surface area contributed by atoms with Crippen molar-refractivity contribution in [3.05, 3.63) is 58.1 Å². The number of hydrogen-bond acceptors (Lipinski definition) is 6. The maximum absolute atomic E-state index is 13.8. The van der Waals surface area contributed by atoms with E-state index >= 15 is 0 Å². The molecule has 35 heavy (non-hydrogen) atoms. The van der Waals surface area contributed by atoms with Crippen LogP contribution in [-0.2, 0) is 6.18 Å². The van der Waals surface area contributed by atoms with Crippen molar-refractivity contribution in [1.29, 1.82) is 0 Å². The number of aromatic nitrogens is 4. The highest BCUT2D eigenvalue weighted by Gasteiger charge is 2.45. The molecule has 4 aromatic rings. The summed E-state index contributed by atoms with van der Waals surface area (Å²) >= 11 is 6.52. The van der Waals surface area contributed by atoms with Gasteiger partial charge in [-0.1, -0.05) is 11.6 Å². The Morgan fingerprint density at radius 1 is 1.26 bits per heavy atom. The summed E-state index contributed by atoms with van der Waals surface area (Å²) in [5, 5.41) is 0.192. The van der Waals surface area contributed by atoms with Gasteiger partial charge < -0.3 is 15.4 Å². The third-order valence-electron chi connectivity index (χ3n) is 6.59. The molecule has 0 aliphatic carbocycles. The number of rotatable bonds is 1. The zero-order valence-electron chi connectivity index (χ0n) is 18.3. The number of imidazole rings is 1. The standard InChI is InChI=1S/C23H18ClF3N6O2/c1-10-18-20(28)30-14-8-13(24)12(7-15(14)33(18)9-29-10)22(34)32-6-2-3-16-19(32)11-4-5-17(23(25,26)27)31-21(11)35-16/h4-5,7-9,16,19H,2-3,6H2,1H3,(H2,28,30)/t16?,19-/m0/s1. The monoisotopic (exact) mass is 502 g/mol. The molecule has 1 saturated heterocycles. The summed E-state index contributed by atoms with van der Waals surface area (Å²) in [5.74, 6) is -0.147. The van der Waals surface area contributed by atoms with Crippen molar-refractivity contribution in [1.82, 2.24) is 24.3 Å². The molecule has 0 bridgehead atoms. The van der Waals surface area contributed by atoms with Gasteiger partial charge in [0, 0.05) is 12.1 Å². The second-order valence-corrected chi connectivity index (χ2v) is 9.10. The molecule has 180 valence electrons. The lowest BCUT2D eigenvalue weighted by molar-refractivity contribution is -0.141. The first kappa shape index (κ1) is 21.9. The quantitative estimate of drug-likeness (QED) is 0.409. The highest BCUT2D eigenvalue weighted by Crippen LogP contribution is 2.45. The molecule has 12 heteroatoms. The van der Waals surface area contributed by atoms with Crippen molar-refractivity contribution in [2.45, 2.75) is 38.1 Å². The van der Waals surface area contributed by atoms with Gasteiger partial charge in [0.05, 0.1) is 33.4 Å². The number of carbonyl (C=O) groups is 1. The normalized spacial score (nSPS) is 19.6. The fraction of sp³-hybridized carbons (Fsp3) is 0.304. The van der Waals surface area contributed by atoms with E-state index < -0.39 is 24.0 Å². The Kier molecular flexibility index (Phi) is 4.66. The molecule has 0 spiro atoms. The SMILES string of the molecule is Cc1ncn2c1c(N)nc1cc(Cl)c(C(=O)N3CCCC4Oc5nc(C(F)(F)F)ccc5[C@@H]43)cc12. The summed E-state index contributed by atoms with van der Waals surface area (Å²) < 4.78 is 47.0. The molecule has 8 nitrogen and oxygen atoms in total. The molecular formula is C23H18ClF3N6O2. The van der Waals surface area contributed by atoms with Crippen molar-refractivity contribution in [3.63, 3.8) is 0 Å². The lowest BCUT2D eigenvalue weighted by Crippen LogP contribution is -2.44. The molecule has 0 radical (unpaired) electrons. The second kappa shape index (κ2) is 7.45. The summed E-state index contributed by atoms with van der Waals surface area (Å²) in [5.41, 5.74) is 8.21. The highest BCUT2D eigenvalue weighted by molar-refractivity contribution is 6.34. The summed E-state index contributed by atoms with van der Waals surface area (Å²) in [7, 11) is 0. The first-order valence-corrected chi connectivity index (χ1v) is 11.3. The molecule has 2 N–H and O–H groups in total. The van der Waals surface area contributed by atoms with Gasteiger partial charge in [-0.3, -0.25) is 9.20 Å². The predicted octanol–water partition coefficient (Wildman–Crippen LogP) is 4.58. The van der Waals surface area contributed by atoms with E-state index in [-0.39, 0.29) is 22.4 Å². The minimum atomic E-state index is -4.59. The van der Waals surface area contributed by atoms with Crippen molar-refractivity contribution in [2.75, 3.05) is 12.3 Å². The number of halogens is 4. The van der Waals surface area contributed by atoms with Gasteiger partial charge >= 0.3 is 6.18 Å². The number of nitrogen functional groups attached to an aromatic ring is 1. The van der Waals surface area contributed by atoms with Crippen LogP contribution < -0.4 is 10.5 Å². The number of likely N-dealkylation sites (tertiary alicyclic amines) is 1. The van der Waals surface area contributed by atoms with Crippen LogP contribution in [0.5, 0.6) is 5.88 Å². The molecule has 5 heterocycles. The number of piperidine rings is 1. The molecule has 2 aliphatic rings. The number of ether oxygens (including phenoxy) is 1. The van der Waals surface area contributed by atoms with Gasteiger partial charge in [0.15, 0.2) is 0 Å². The van der Waals surface area contributed by atoms with Crippen LogP contribution in [0.4, 0.5) is 19.0 Å². The molecule has 1 fully saturated rings. The maximum Gasteiger partial charge on any atom is 0.433 e. The van der Waals surface area contributed by atoms with E-state index in [4.69, 9.17) is 22.1 Å². The van der Waals surface area contributed by atoms with Crippen LogP contribution >= 0.6 is 11.6 Å². The van der Waals surface area contributed by atoms with Crippen LogP contribution in [0, 0.1) is 6.92 Å². The van der Waals surface area contributed by atoms with Gasteiger partial charge in [0.25, 0.3) is 5.91 Å². The lowest BCUT2D eigenvalue weighted by Gasteiger charge is -2.36. The third-order valence-corrected chi connectivity index (χ3v) is 6.90. The van der Waals surface area contributed by atoms with Crippen molar-refractivity contribution in [2.24, 2.45) is 0 Å². The Morgan fingerprint density at radius 2 is 2.06 bits per heavy atom. The minimum Gasteiger partial charge on any atom is -0.472 e. The largest absolute Gasteiger partial charge is 0.472 e. The van der Waals surface area contributed by atoms with E-state index in [1.165, 1.54) is 6.07 Å². The Hall–Kier alpha value is -3.60. The number of fused-ring (bicyclic) bond motifs is 6. The summed E-state index contributed by atoms with van der Waals surface area (Å²) in [6.45, 7) is 2.21. The van der Waals surface area contributed by atoms with Crippen LogP contribution in [0.2, 0.25) is 5.02 Å². The fourth-order valence-corrected chi connectivity index (χ4v) is 5.25. The molecule has 2 atom stereocenters. The minimum absolute atomic E-state index is 0.0885. The maximum atomic E-state index is 13.8. The van der Waals surface area contributed by atoms with Crippen molar-refractivity contribution >= 4 is 39.9 Å². The van der Waals surface area contributed by atoms with Gasteiger partial charge in [-0.15, -0.1) is 0 Å². The number of alkyl halides is 3. The van der Waals surface area contributed by atoms with Crippen LogP contribution in [0.1, 0.15) is 46.2 Å². The van der Waals surface area contributed by atoms with Crippen molar-refractivity contribution in [3.8, 4) is 5.88 Å². The number of aryl methyl sites for hydroxylation is 1. The molecule has 1 unspecified atom stereocenters. The fourth-order valence-electron chi connectivity index (χ4n) is 5.02. The average Bonchev–Trinajstić information content (AvgIpc) is 3.38. The Balaban J connectivity index is 1.44. The van der Waals surface area contributed by atoms with Gasteiger partial charge in [0.2, 0.25) is 5.88 Å². The predicted molar refractivity (Wildman–Crippen MR) is 121 cm³/mol. The number of amides is 1. The topological polar surface area (TPSA) is 98.6 Å². The number of nitrogens with zero attached hydrogens (tertiary/aromatic N) is 5. The zero-order valence-corrected chi connectivity index (χ0v) is 19.1. The summed E-state index contributed by atoms with van der Waals surface area (Å²) in [6, 6.07) is 4.92. The van der Waals surface area contributed by atoms with E-state index in [0.717, 1.165) is 6.07 Å². The average molecular weight is 503 g/mol. The van der Waals surface area contributed by atoms with E-state index in [9.17, 15) is 18.0 Å². The van der Waals surface area contributed by atoms with Crippen LogP contribution in [0.15, 0.2) is 30.6 Å². The molecule has 0 saturated carbocycles. The third kappa shape index (κ3) is 3.28. The molecule has 1 aromatic carbocycles. The van der Waals surface area contributed by atoms with Crippen molar-refractivity contribution < 1.29 is 22.7 Å². The van der Waals surface area contributed by atoms with Gasteiger partial charge in [-0.25, -0.2) is 15.0 Å². The van der Waals surface area contributed by atoms with Gasteiger partial charge in [0.1, 0.15) is 29.5 Å². The number of nitrogens with two attached hydrogens (primary N) is 1. The number of carbonyl (C=O) groups excluding carboxylic acids is 1. The Bertz CT molecular complexity index is 1540. The first-order chi connectivity index (χ1) is 16.6. The van der Waals surface area contributed by atoms with Crippen LogP contribution in [-0.4, -0.2) is 42.8 Å². The second-order valence-electron chi connectivity index (χ2n) is 8.70. The molecular weight excluding hydrogens is 485 g/mol. The number of benzene rings is 1. The smallest absolute Gasteiger partial charge is 0.433 e. The van der Waals surface area contributed by atoms with E-state index in [2.05, 4.69) is 15.0 Å². The molecule has 6 rings (SSSR count). The number of hydrogen-bond donors (Lipinski definition) is 1. The lowest BCUT2D eigenvalue weighted by atomic mass is 9.94. The molecule has 3 aromatic heterocycles. The number of anilines is 1. The highest BCUT2D eigenvalue weighted by atomic mass is 35.5. The first-order valence-electron chi connectivity index (χ1n) is 10.9. The van der Waals surface area contributed by atoms with Crippen LogP contribution in [0.3, 0.4) is 0 Å². The summed E-state index contributed by atoms with van der Waals surface area (Å²) in [4.78, 5) is 27.8. The Morgan fingerprint density at radius 3 is 2.83 bits per heavy atom. The molecule has 1 amide bonds. The summed E-state index contributed by atoms with van der Waals surface area (Å²) in [6.07, 6.45) is -2.25. The van der Waals surface area contributed by atoms with E-state index in [0.29, 0.717) is 53.0 Å². The number of pyridine rings is 1. The molecule has 2 aliphatic heterocycles. The van der Waals surface area contributed by atoms with Gasteiger partial charge in [-0.05, 0) is 44.0 Å². The Labute approximate surface area is 201 Å². The van der Waals surface area contributed by atoms with E-state index in [1.807, 2.05) is 6.92 Å². The zero-order chi connectivity index (χ0) is 24.6. The van der Waals surface area contributed by atoms with E-state index in [1.54, 1.807) is 27.8 Å².